The van der Waals surface area contributed by atoms with Crippen LogP contribution in [-0.2, 0) is 0 Å². The lowest BCUT2D eigenvalue weighted by Crippen LogP contribution is -2.32. The van der Waals surface area contributed by atoms with E-state index in [2.05, 4.69) is 36.0 Å². The van der Waals surface area contributed by atoms with Gasteiger partial charge in [0.1, 0.15) is 5.52 Å². The summed E-state index contributed by atoms with van der Waals surface area (Å²) in [6, 6.07) is 3.87. The second-order valence-electron chi connectivity index (χ2n) is 4.51. The van der Waals surface area contributed by atoms with E-state index in [1.165, 1.54) is 0 Å². The van der Waals surface area contributed by atoms with Crippen LogP contribution in [0.5, 0.6) is 0 Å². The molecule has 104 valence electrons. The number of rotatable bonds is 6. The van der Waals surface area contributed by atoms with Crippen LogP contribution in [0.25, 0.3) is 11.0 Å². The summed E-state index contributed by atoms with van der Waals surface area (Å²) in [6.45, 7) is 2.53. The zero-order chi connectivity index (χ0) is 13.8. The average molecular weight is 329 g/mol. The van der Waals surface area contributed by atoms with Gasteiger partial charge in [0.25, 0.3) is 0 Å². The van der Waals surface area contributed by atoms with Crippen molar-refractivity contribution in [2.45, 2.75) is 0 Å². The number of halogens is 1. The molecule has 1 heterocycles. The Balaban J connectivity index is 2.12. The van der Waals surface area contributed by atoms with E-state index in [1.54, 1.807) is 0 Å². The Morgan fingerprint density at radius 2 is 2.00 bits per heavy atom. The summed E-state index contributed by atoms with van der Waals surface area (Å²) in [6.07, 6.45) is 0. The van der Waals surface area contributed by atoms with Crippen LogP contribution in [0.2, 0.25) is 0 Å². The third-order valence-corrected chi connectivity index (χ3v) is 3.47. The summed E-state index contributed by atoms with van der Waals surface area (Å²) in [5.41, 5.74) is 2.47. The fourth-order valence-electron chi connectivity index (χ4n) is 1.85. The Morgan fingerprint density at radius 3 is 2.74 bits per heavy atom. The molecule has 0 bridgehead atoms. The maximum absolute atomic E-state index is 8.88. The van der Waals surface area contributed by atoms with Crippen LogP contribution in [0, 0.1) is 0 Å². The van der Waals surface area contributed by atoms with Crippen molar-refractivity contribution in [2.24, 2.45) is 0 Å². The third kappa shape index (κ3) is 3.43. The minimum Gasteiger partial charge on any atom is -0.395 e. The van der Waals surface area contributed by atoms with Crippen molar-refractivity contribution in [1.82, 2.24) is 15.2 Å². The van der Waals surface area contributed by atoms with E-state index < -0.39 is 0 Å². The van der Waals surface area contributed by atoms with Crippen molar-refractivity contribution in [3.8, 4) is 0 Å². The first-order valence-corrected chi connectivity index (χ1v) is 6.83. The maximum atomic E-state index is 8.88. The molecule has 0 fully saturated rings. The van der Waals surface area contributed by atoms with Crippen LogP contribution in [0.1, 0.15) is 0 Å². The minimum absolute atomic E-state index is 0.175. The Kier molecular flexibility index (Phi) is 4.73. The Hall–Kier alpha value is -1.18. The van der Waals surface area contributed by atoms with E-state index in [1.807, 2.05) is 26.2 Å². The normalized spacial score (nSPS) is 11.4. The zero-order valence-electron chi connectivity index (χ0n) is 11.0. The average Bonchev–Trinajstić information content (AvgIpc) is 2.83. The number of benzene rings is 1. The van der Waals surface area contributed by atoms with Gasteiger partial charge >= 0.3 is 0 Å². The number of fused-ring (bicyclic) bond motifs is 1. The standard InChI is InChI=1S/C12H17BrN4O2/c1-16(5-6-18)3-4-17(2)11-8-9(13)7-10-12(11)15-19-14-10/h7-8,18H,3-6H2,1-2H3. The smallest absolute Gasteiger partial charge is 0.158 e. The minimum atomic E-state index is 0.175. The number of hydrogen-bond acceptors (Lipinski definition) is 6. The second-order valence-corrected chi connectivity index (χ2v) is 5.42. The summed E-state index contributed by atoms with van der Waals surface area (Å²) in [5, 5.41) is 16.7. The van der Waals surface area contributed by atoms with Crippen LogP contribution < -0.4 is 4.90 Å². The highest BCUT2D eigenvalue weighted by molar-refractivity contribution is 9.10. The summed E-state index contributed by atoms with van der Waals surface area (Å²) < 4.78 is 5.73. The number of aliphatic hydroxyl groups excluding tert-OH is 1. The Labute approximate surface area is 120 Å². The molecule has 0 aliphatic rings. The van der Waals surface area contributed by atoms with Crippen molar-refractivity contribution in [3.63, 3.8) is 0 Å². The first kappa shape index (κ1) is 14.2. The maximum Gasteiger partial charge on any atom is 0.158 e. The second kappa shape index (κ2) is 6.31. The lowest BCUT2D eigenvalue weighted by atomic mass is 10.2. The number of likely N-dealkylation sites (N-methyl/N-ethyl adjacent to an activating group) is 2. The molecule has 0 atom stereocenters. The van der Waals surface area contributed by atoms with Gasteiger partial charge < -0.3 is 14.9 Å². The molecule has 0 aliphatic carbocycles. The number of aliphatic hydroxyl groups is 1. The van der Waals surface area contributed by atoms with E-state index in [4.69, 9.17) is 9.74 Å². The number of anilines is 1. The SMILES string of the molecule is CN(CCO)CCN(C)c1cc(Br)cc2nonc12. The molecular formula is C12H17BrN4O2. The molecule has 0 unspecified atom stereocenters. The third-order valence-electron chi connectivity index (χ3n) is 3.02. The van der Waals surface area contributed by atoms with E-state index in [-0.39, 0.29) is 6.61 Å². The molecule has 1 aromatic carbocycles. The van der Waals surface area contributed by atoms with Crippen LogP contribution in [0.4, 0.5) is 5.69 Å². The lowest BCUT2D eigenvalue weighted by molar-refractivity contribution is 0.224. The van der Waals surface area contributed by atoms with E-state index in [0.717, 1.165) is 34.3 Å². The van der Waals surface area contributed by atoms with E-state index >= 15 is 0 Å². The summed E-state index contributed by atoms with van der Waals surface area (Å²) in [7, 11) is 3.99. The van der Waals surface area contributed by atoms with Gasteiger partial charge in [-0.05, 0) is 29.5 Å². The highest BCUT2D eigenvalue weighted by atomic mass is 79.9. The highest BCUT2D eigenvalue weighted by Gasteiger charge is 2.12. The molecule has 19 heavy (non-hydrogen) atoms. The molecule has 6 nitrogen and oxygen atoms in total. The van der Waals surface area contributed by atoms with Crippen molar-refractivity contribution >= 4 is 32.7 Å². The van der Waals surface area contributed by atoms with Crippen LogP contribution >= 0.6 is 15.9 Å². The molecule has 2 aromatic rings. The molecular weight excluding hydrogens is 312 g/mol. The molecule has 0 saturated heterocycles. The van der Waals surface area contributed by atoms with E-state index in [9.17, 15) is 0 Å². The van der Waals surface area contributed by atoms with Crippen molar-refractivity contribution in [2.75, 3.05) is 45.2 Å². The summed E-state index contributed by atoms with van der Waals surface area (Å²) >= 11 is 3.46. The van der Waals surface area contributed by atoms with Gasteiger partial charge in [-0.25, -0.2) is 4.63 Å². The monoisotopic (exact) mass is 328 g/mol. The zero-order valence-corrected chi connectivity index (χ0v) is 12.6. The van der Waals surface area contributed by atoms with Gasteiger partial charge in [-0.1, -0.05) is 15.9 Å². The molecule has 1 aromatic heterocycles. The molecule has 0 amide bonds. The Morgan fingerprint density at radius 1 is 1.21 bits per heavy atom. The van der Waals surface area contributed by atoms with Gasteiger partial charge in [0.2, 0.25) is 0 Å². The van der Waals surface area contributed by atoms with Gasteiger partial charge in [0.15, 0.2) is 5.52 Å². The van der Waals surface area contributed by atoms with Gasteiger partial charge in [0, 0.05) is 31.2 Å². The van der Waals surface area contributed by atoms with E-state index in [0.29, 0.717) is 6.54 Å². The predicted molar refractivity (Wildman–Crippen MR) is 77.4 cm³/mol. The van der Waals surface area contributed by atoms with Gasteiger partial charge in [-0.3, -0.25) is 0 Å². The fourth-order valence-corrected chi connectivity index (χ4v) is 2.29. The number of hydrogen-bond donors (Lipinski definition) is 1. The molecule has 0 radical (unpaired) electrons. The van der Waals surface area contributed by atoms with Crippen molar-refractivity contribution in [3.05, 3.63) is 16.6 Å². The first-order valence-electron chi connectivity index (χ1n) is 6.04. The van der Waals surface area contributed by atoms with Crippen LogP contribution in [-0.4, -0.2) is 60.7 Å². The predicted octanol–water partition coefficient (Wildman–Crippen LogP) is 1.35. The molecule has 0 aliphatic heterocycles. The van der Waals surface area contributed by atoms with Gasteiger partial charge in [-0.15, -0.1) is 0 Å². The van der Waals surface area contributed by atoms with Crippen molar-refractivity contribution < 1.29 is 9.74 Å². The summed E-state index contributed by atoms with van der Waals surface area (Å²) in [4.78, 5) is 4.18. The number of nitrogens with zero attached hydrogens (tertiary/aromatic N) is 4. The largest absolute Gasteiger partial charge is 0.395 e. The molecule has 7 heteroatoms. The topological polar surface area (TPSA) is 65.6 Å². The first-order chi connectivity index (χ1) is 9.11. The molecule has 0 spiro atoms. The van der Waals surface area contributed by atoms with Gasteiger partial charge in [0.05, 0.1) is 12.3 Å². The fraction of sp³-hybridized carbons (Fsp3) is 0.500. The Bertz CT molecular complexity index is 546. The molecule has 2 rings (SSSR count). The number of aromatic nitrogens is 2. The lowest BCUT2D eigenvalue weighted by Gasteiger charge is -2.23. The molecule has 1 N–H and O–H groups in total. The van der Waals surface area contributed by atoms with Crippen LogP contribution in [0.3, 0.4) is 0 Å². The van der Waals surface area contributed by atoms with Gasteiger partial charge in [-0.2, -0.15) is 0 Å². The quantitative estimate of drug-likeness (QED) is 0.863. The van der Waals surface area contributed by atoms with Crippen LogP contribution in [0.15, 0.2) is 21.2 Å². The van der Waals surface area contributed by atoms with Crippen molar-refractivity contribution in [1.29, 1.82) is 0 Å². The summed E-state index contributed by atoms with van der Waals surface area (Å²) in [5.74, 6) is 0. The highest BCUT2D eigenvalue weighted by Crippen LogP contribution is 2.28. The molecule has 0 saturated carbocycles.